The summed E-state index contributed by atoms with van der Waals surface area (Å²) in [5.74, 6) is 0.524. The molecule has 0 saturated carbocycles. The first-order chi connectivity index (χ1) is 19.1. The van der Waals surface area contributed by atoms with Gasteiger partial charge >= 0.3 is 6.03 Å². The van der Waals surface area contributed by atoms with E-state index in [1.807, 2.05) is 36.4 Å². The van der Waals surface area contributed by atoms with Crippen LogP contribution in [0.25, 0.3) is 0 Å². The highest BCUT2D eigenvalue weighted by atomic mass is 79.9. The summed E-state index contributed by atoms with van der Waals surface area (Å²) in [5, 5.41) is 8.42. The molecule has 1 aromatic heterocycles. The summed E-state index contributed by atoms with van der Waals surface area (Å²) in [7, 11) is 0. The lowest BCUT2D eigenvalue weighted by atomic mass is 10.1. The topological polar surface area (TPSA) is 54.2 Å². The number of para-hydroxylation sites is 1. The number of rotatable bonds is 18. The normalized spacial score (nSPS) is 10.7. The van der Waals surface area contributed by atoms with Crippen molar-refractivity contribution in [1.82, 2.24) is 0 Å². The summed E-state index contributed by atoms with van der Waals surface area (Å²) in [4.78, 5) is 12.7. The zero-order valence-electron chi connectivity index (χ0n) is 24.0. The summed E-state index contributed by atoms with van der Waals surface area (Å²) in [6, 6.07) is 13.0. The molecule has 0 fully saturated rings. The van der Waals surface area contributed by atoms with Crippen LogP contribution in [-0.4, -0.2) is 12.6 Å². The standard InChI is InChI=1S/C32H44ClN3O2S.BrH/c1-3-4-5-6-7-8-9-10-11-12-13-14-22-38-31-29(33)16-15-17-30(31)35-32(37)34-28-20-18-27(19-21-28)23-36-25-39-24-26(36)2;/h15-21,24-25H,3-14,22-23H2,1-2H3,(H-,34,35,37);1H. The molecule has 0 aliphatic rings. The number of nitrogens with zero attached hydrogens (tertiary/aromatic N) is 1. The first-order valence-corrected chi connectivity index (χ1v) is 15.9. The van der Waals surface area contributed by atoms with Crippen molar-refractivity contribution in [3.63, 3.8) is 0 Å². The number of hydrogen-bond acceptors (Lipinski definition) is 3. The van der Waals surface area contributed by atoms with Gasteiger partial charge in [0.2, 0.25) is 5.51 Å². The van der Waals surface area contributed by atoms with Crippen molar-refractivity contribution in [2.75, 3.05) is 17.2 Å². The highest BCUT2D eigenvalue weighted by molar-refractivity contribution is 7.07. The van der Waals surface area contributed by atoms with Gasteiger partial charge in [-0.25, -0.2) is 4.79 Å². The predicted molar refractivity (Wildman–Crippen MR) is 165 cm³/mol. The molecule has 1 heterocycles. The lowest BCUT2D eigenvalue weighted by molar-refractivity contribution is -0.689. The maximum absolute atomic E-state index is 12.7. The third-order valence-electron chi connectivity index (χ3n) is 6.90. The average molecular weight is 651 g/mol. The Bertz CT molecular complexity index is 1120. The van der Waals surface area contributed by atoms with E-state index in [-0.39, 0.29) is 23.0 Å². The van der Waals surface area contributed by atoms with E-state index < -0.39 is 0 Å². The largest absolute Gasteiger partial charge is 1.00 e. The molecular formula is C32H45BrClN3O2S. The molecule has 0 bridgehead atoms. The second-order valence-electron chi connectivity index (χ2n) is 10.3. The Balaban J connectivity index is 0.00000560. The molecule has 0 spiro atoms. The quantitative estimate of drug-likeness (QED) is 0.118. The van der Waals surface area contributed by atoms with Gasteiger partial charge in [-0.3, -0.25) is 0 Å². The summed E-state index contributed by atoms with van der Waals surface area (Å²) < 4.78 is 8.22. The van der Waals surface area contributed by atoms with Crippen LogP contribution < -0.4 is 36.9 Å². The van der Waals surface area contributed by atoms with Crippen LogP contribution in [0.2, 0.25) is 5.02 Å². The second kappa shape index (κ2) is 19.9. The van der Waals surface area contributed by atoms with Crippen LogP contribution in [-0.2, 0) is 6.54 Å². The number of amides is 2. The van der Waals surface area contributed by atoms with Crippen LogP contribution in [0.5, 0.6) is 5.75 Å². The van der Waals surface area contributed by atoms with Gasteiger partial charge in [-0.05, 0) is 30.7 Å². The molecule has 0 radical (unpaired) electrons. The maximum atomic E-state index is 12.7. The van der Waals surface area contributed by atoms with Gasteiger partial charge in [0.05, 0.1) is 22.7 Å². The monoisotopic (exact) mass is 649 g/mol. The second-order valence-corrected chi connectivity index (χ2v) is 11.4. The molecule has 5 nitrogen and oxygen atoms in total. The summed E-state index contributed by atoms with van der Waals surface area (Å²) in [5.41, 5.74) is 5.82. The van der Waals surface area contributed by atoms with Gasteiger partial charge in [0.15, 0.2) is 18.0 Å². The molecule has 0 saturated heterocycles. The fourth-order valence-corrected chi connectivity index (χ4v) is 5.57. The minimum absolute atomic E-state index is 0. The van der Waals surface area contributed by atoms with Crippen molar-refractivity contribution >= 4 is 40.3 Å². The number of urea groups is 1. The van der Waals surface area contributed by atoms with E-state index >= 15 is 0 Å². The van der Waals surface area contributed by atoms with Gasteiger partial charge < -0.3 is 32.4 Å². The molecule has 3 aromatic rings. The first-order valence-electron chi connectivity index (χ1n) is 14.6. The smallest absolute Gasteiger partial charge is 0.323 e. The molecule has 0 unspecified atom stereocenters. The number of unbranched alkanes of at least 4 members (excludes halogenated alkanes) is 11. The van der Waals surface area contributed by atoms with E-state index in [1.54, 1.807) is 17.4 Å². The average Bonchev–Trinajstić information content (AvgIpc) is 3.33. The lowest BCUT2D eigenvalue weighted by Crippen LogP contribution is -3.00. The van der Waals surface area contributed by atoms with Gasteiger partial charge in [0.1, 0.15) is 0 Å². The van der Waals surface area contributed by atoms with Crippen LogP contribution in [0.1, 0.15) is 95.2 Å². The number of halogens is 2. The lowest BCUT2D eigenvalue weighted by Gasteiger charge is -2.14. The minimum atomic E-state index is -0.330. The van der Waals surface area contributed by atoms with Crippen LogP contribution in [0.15, 0.2) is 53.4 Å². The zero-order chi connectivity index (χ0) is 27.7. The van der Waals surface area contributed by atoms with Crippen molar-refractivity contribution in [3.05, 3.63) is 69.6 Å². The fourth-order valence-electron chi connectivity index (χ4n) is 4.56. The third-order valence-corrected chi connectivity index (χ3v) is 8.05. The molecule has 3 rings (SSSR count). The highest BCUT2D eigenvalue weighted by Crippen LogP contribution is 2.33. The minimum Gasteiger partial charge on any atom is -1.00 e. The number of thiazole rings is 1. The number of carbonyl (C=O) groups is 1. The Morgan fingerprint density at radius 1 is 0.875 bits per heavy atom. The molecule has 40 heavy (non-hydrogen) atoms. The van der Waals surface area contributed by atoms with Crippen LogP contribution in [0.3, 0.4) is 0 Å². The fraction of sp³-hybridized carbons (Fsp3) is 0.500. The van der Waals surface area contributed by atoms with E-state index in [1.165, 1.54) is 75.5 Å². The first kappa shape index (κ1) is 34.1. The van der Waals surface area contributed by atoms with Crippen molar-refractivity contribution < 1.29 is 31.1 Å². The van der Waals surface area contributed by atoms with E-state index in [2.05, 4.69) is 39.9 Å². The van der Waals surface area contributed by atoms with E-state index in [0.29, 0.717) is 23.1 Å². The van der Waals surface area contributed by atoms with Gasteiger partial charge in [-0.2, -0.15) is 4.57 Å². The summed E-state index contributed by atoms with van der Waals surface area (Å²) >= 11 is 8.10. The van der Waals surface area contributed by atoms with Gasteiger partial charge in [0, 0.05) is 18.2 Å². The molecule has 0 aliphatic heterocycles. The number of carbonyl (C=O) groups excluding carboxylic acids is 1. The SMILES string of the molecule is CCCCCCCCCCCCCCOc1c(Cl)cccc1NC(=O)Nc1ccc(C[n+]2cscc2C)cc1.[Br-]. The number of hydrogen-bond donors (Lipinski definition) is 2. The maximum Gasteiger partial charge on any atom is 0.323 e. The van der Waals surface area contributed by atoms with Crippen molar-refractivity contribution in [2.45, 2.75) is 97.4 Å². The van der Waals surface area contributed by atoms with Gasteiger partial charge in [-0.1, -0.05) is 119 Å². The third kappa shape index (κ3) is 12.6. The molecule has 2 aromatic carbocycles. The molecule has 2 amide bonds. The predicted octanol–water partition coefficient (Wildman–Crippen LogP) is 6.77. The summed E-state index contributed by atoms with van der Waals surface area (Å²) in [6.07, 6.45) is 15.6. The van der Waals surface area contributed by atoms with Crippen LogP contribution in [0, 0.1) is 6.92 Å². The summed E-state index contributed by atoms with van der Waals surface area (Å²) in [6.45, 7) is 5.76. The molecule has 8 heteroatoms. The molecule has 0 aliphatic carbocycles. The van der Waals surface area contributed by atoms with E-state index in [9.17, 15) is 4.79 Å². The van der Waals surface area contributed by atoms with Gasteiger partial charge in [-0.15, -0.1) is 0 Å². The zero-order valence-corrected chi connectivity index (χ0v) is 27.2. The molecule has 2 N–H and O–H groups in total. The van der Waals surface area contributed by atoms with E-state index in [4.69, 9.17) is 16.3 Å². The molecule has 0 atom stereocenters. The molecule has 220 valence electrons. The Kier molecular flexibility index (Phi) is 17.0. The number of ether oxygens (including phenoxy) is 1. The van der Waals surface area contributed by atoms with Gasteiger partial charge in [0.25, 0.3) is 0 Å². The van der Waals surface area contributed by atoms with Crippen LogP contribution in [0.4, 0.5) is 16.2 Å². The van der Waals surface area contributed by atoms with Crippen molar-refractivity contribution in [2.24, 2.45) is 0 Å². The van der Waals surface area contributed by atoms with Crippen molar-refractivity contribution in [1.29, 1.82) is 0 Å². The Morgan fingerprint density at radius 2 is 1.50 bits per heavy atom. The Morgan fingerprint density at radius 3 is 2.10 bits per heavy atom. The number of benzene rings is 2. The van der Waals surface area contributed by atoms with Crippen LogP contribution >= 0.6 is 22.9 Å². The number of aromatic nitrogens is 1. The number of nitrogens with one attached hydrogen (secondary N) is 2. The Hall–Kier alpha value is -2.09. The molecular weight excluding hydrogens is 606 g/mol. The highest BCUT2D eigenvalue weighted by Gasteiger charge is 2.13. The number of aryl methyl sites for hydroxylation is 1. The van der Waals surface area contributed by atoms with Crippen molar-refractivity contribution in [3.8, 4) is 5.75 Å². The number of anilines is 2. The Labute approximate surface area is 260 Å². The van der Waals surface area contributed by atoms with E-state index in [0.717, 1.165) is 25.1 Å².